The largest absolute Gasteiger partial charge is 0.461 e. The molecule has 0 spiro atoms. The minimum absolute atomic E-state index is 0.0201. The molecule has 40 heavy (non-hydrogen) atoms. The molecule has 2 aliphatic heterocycles. The van der Waals surface area contributed by atoms with Crippen LogP contribution >= 0.6 is 0 Å². The van der Waals surface area contributed by atoms with Gasteiger partial charge < -0.3 is 19.6 Å². The van der Waals surface area contributed by atoms with E-state index in [1.807, 2.05) is 51.8 Å². The molecule has 8 nitrogen and oxygen atoms in total. The van der Waals surface area contributed by atoms with Gasteiger partial charge in [-0.1, -0.05) is 48.5 Å². The summed E-state index contributed by atoms with van der Waals surface area (Å²) in [5.41, 5.74) is 7.40. The van der Waals surface area contributed by atoms with Gasteiger partial charge in [0.1, 0.15) is 20.2 Å². The molecule has 0 bridgehead atoms. The van der Waals surface area contributed by atoms with E-state index < -0.39 is 9.84 Å². The summed E-state index contributed by atoms with van der Waals surface area (Å²) in [5, 5.41) is 3.28. The summed E-state index contributed by atoms with van der Waals surface area (Å²) in [6.07, 6.45) is 1.18. The second-order valence-corrected chi connectivity index (χ2v) is 12.1. The fourth-order valence-corrected chi connectivity index (χ4v) is 6.78. The molecule has 0 radical (unpaired) electrons. The first-order valence-electron chi connectivity index (χ1n) is 13.1. The third kappa shape index (κ3) is 8.22. The van der Waals surface area contributed by atoms with Gasteiger partial charge in [-0.2, -0.15) is 0 Å². The van der Waals surface area contributed by atoms with Crippen LogP contribution in [0, 0.1) is 13.8 Å². The van der Waals surface area contributed by atoms with Crippen molar-refractivity contribution in [3.63, 3.8) is 0 Å². The first-order chi connectivity index (χ1) is 19.2. The molecule has 1 atom stereocenters. The molecule has 2 aliphatic rings. The first kappa shape index (κ1) is 32.7. The van der Waals surface area contributed by atoms with Crippen LogP contribution in [0.5, 0.6) is 0 Å². The summed E-state index contributed by atoms with van der Waals surface area (Å²) in [6, 6.07) is 16.3. The molecule has 0 saturated carbocycles. The molecule has 0 amide bonds. The number of carbonyl (C=O) groups is 3. The maximum atomic E-state index is 13.6. The molecular weight excluding hydrogens is 528 g/mol. The lowest BCUT2D eigenvalue weighted by Crippen LogP contribution is -2.33. The van der Waals surface area contributed by atoms with Gasteiger partial charge in [-0.15, -0.1) is 0 Å². The van der Waals surface area contributed by atoms with E-state index in [0.717, 1.165) is 34.5 Å². The van der Waals surface area contributed by atoms with Crippen LogP contribution in [0.4, 0.5) is 0 Å². The van der Waals surface area contributed by atoms with Gasteiger partial charge in [0.15, 0.2) is 9.84 Å². The summed E-state index contributed by atoms with van der Waals surface area (Å²) >= 11 is 0. The van der Waals surface area contributed by atoms with Crippen LogP contribution in [-0.4, -0.2) is 64.6 Å². The highest BCUT2D eigenvalue weighted by atomic mass is 32.2. The molecule has 0 aromatic heterocycles. The number of ether oxygens (including phenoxy) is 1. The molecular formula is C31H40N2O6S. The predicted molar refractivity (Wildman–Crippen MR) is 157 cm³/mol. The maximum absolute atomic E-state index is 13.6. The first-order valence-corrected chi connectivity index (χ1v) is 14.9. The van der Waals surface area contributed by atoms with Crippen molar-refractivity contribution in [3.05, 3.63) is 93.3 Å². The van der Waals surface area contributed by atoms with Gasteiger partial charge in [-0.3, -0.25) is 4.90 Å². The Hall–Kier alpha value is -3.56. The van der Waals surface area contributed by atoms with Crippen LogP contribution in [0.15, 0.2) is 71.1 Å². The summed E-state index contributed by atoms with van der Waals surface area (Å²) < 4.78 is 31.0. The number of carbonyl (C=O) groups excluding carboxylic acids is 3. The summed E-state index contributed by atoms with van der Waals surface area (Å²) in [4.78, 5) is 31.7. The molecule has 0 aliphatic carbocycles. The number of hydrogen-bond acceptors (Lipinski definition) is 8. The SMILES string of the molecule is C=O.C=O.CC1=C(C(=O)OCCN(C)Cc2ccccc2)[C@H](c2c(C)cccc2C)C2=C(CS(=O)(=O)CCC2)N1. The van der Waals surface area contributed by atoms with Gasteiger partial charge in [0, 0.05) is 30.4 Å². The average molecular weight is 569 g/mol. The maximum Gasteiger partial charge on any atom is 0.336 e. The Morgan fingerprint density at radius 2 is 1.62 bits per heavy atom. The van der Waals surface area contributed by atoms with Crippen LogP contribution in [0.1, 0.15) is 47.9 Å². The Balaban J connectivity index is 0.00000134. The molecule has 2 aromatic rings. The minimum atomic E-state index is -3.19. The highest BCUT2D eigenvalue weighted by Crippen LogP contribution is 2.44. The zero-order chi connectivity index (χ0) is 29.9. The molecule has 9 heteroatoms. The standard InChI is InChI=1S/C29H36N2O4S.2CH2O/c1-20-10-8-11-21(2)26(20)28-24-14-9-17-36(33,34)19-25(24)30-22(3)27(28)29(32)35-16-15-31(4)18-23-12-6-5-7-13-23;2*1-2/h5-8,10-13,28,30H,9,14-19H2,1-4H3;2*1H2/t28-;;/m0../s1. The van der Waals surface area contributed by atoms with Crippen molar-refractivity contribution in [2.45, 2.75) is 46.1 Å². The number of allylic oxidation sites excluding steroid dienone is 2. The Labute approximate surface area is 238 Å². The van der Waals surface area contributed by atoms with Crippen LogP contribution in [0.2, 0.25) is 0 Å². The highest BCUT2D eigenvalue weighted by molar-refractivity contribution is 7.91. The number of nitrogens with one attached hydrogen (secondary N) is 1. The highest BCUT2D eigenvalue weighted by Gasteiger charge is 2.38. The average Bonchev–Trinajstić information content (AvgIpc) is 3.07. The van der Waals surface area contributed by atoms with Crippen LogP contribution < -0.4 is 5.32 Å². The number of nitrogens with zero attached hydrogens (tertiary/aromatic N) is 1. The lowest BCUT2D eigenvalue weighted by atomic mass is 9.76. The van der Waals surface area contributed by atoms with Gasteiger partial charge >= 0.3 is 5.97 Å². The van der Waals surface area contributed by atoms with E-state index >= 15 is 0 Å². The topological polar surface area (TPSA) is 110 Å². The number of likely N-dealkylation sites (N-methyl/N-ethyl adjacent to an activating group) is 1. The number of dihydropyridines is 1. The molecule has 1 N–H and O–H groups in total. The van der Waals surface area contributed by atoms with Crippen molar-refractivity contribution in [3.8, 4) is 0 Å². The van der Waals surface area contributed by atoms with Gasteiger partial charge in [0.2, 0.25) is 0 Å². The zero-order valence-corrected chi connectivity index (χ0v) is 24.7. The predicted octanol–water partition coefficient (Wildman–Crippen LogP) is 4.03. The lowest BCUT2D eigenvalue weighted by molar-refractivity contribution is -0.139. The van der Waals surface area contributed by atoms with Gasteiger partial charge in [-0.05, 0) is 68.5 Å². The number of esters is 1. The molecule has 2 heterocycles. The van der Waals surface area contributed by atoms with Gasteiger partial charge in [-0.25, -0.2) is 13.2 Å². The van der Waals surface area contributed by atoms with E-state index in [1.165, 1.54) is 5.56 Å². The van der Waals surface area contributed by atoms with Gasteiger partial charge in [0.05, 0.1) is 17.1 Å². The molecule has 216 valence electrons. The Morgan fingerprint density at radius 1 is 1.00 bits per heavy atom. The van der Waals surface area contributed by atoms with Crippen LogP contribution in [0.25, 0.3) is 0 Å². The molecule has 0 fully saturated rings. The second kappa shape index (κ2) is 15.3. The van der Waals surface area contributed by atoms with Crippen molar-refractivity contribution in [2.24, 2.45) is 0 Å². The van der Waals surface area contributed by atoms with E-state index in [9.17, 15) is 13.2 Å². The fourth-order valence-electron chi connectivity index (χ4n) is 5.36. The Kier molecular flexibility index (Phi) is 12.5. The molecule has 0 saturated heterocycles. The monoisotopic (exact) mass is 568 g/mol. The third-order valence-electron chi connectivity index (χ3n) is 7.09. The van der Waals surface area contributed by atoms with E-state index in [4.69, 9.17) is 14.3 Å². The summed E-state index contributed by atoms with van der Waals surface area (Å²) in [5.74, 6) is -0.522. The number of sulfone groups is 1. The molecule has 2 aromatic carbocycles. The summed E-state index contributed by atoms with van der Waals surface area (Å²) in [7, 11) is -1.18. The smallest absolute Gasteiger partial charge is 0.336 e. The fraction of sp³-hybridized carbons (Fsp3) is 0.387. The van der Waals surface area contributed by atoms with Crippen molar-refractivity contribution in [1.82, 2.24) is 10.2 Å². The van der Waals surface area contributed by atoms with Crippen LogP contribution in [-0.2, 0) is 35.5 Å². The van der Waals surface area contributed by atoms with Crippen molar-refractivity contribution < 1.29 is 27.5 Å². The van der Waals surface area contributed by atoms with Crippen molar-refractivity contribution >= 4 is 29.4 Å². The minimum Gasteiger partial charge on any atom is -0.461 e. The van der Waals surface area contributed by atoms with E-state index in [2.05, 4.69) is 48.3 Å². The number of rotatable bonds is 7. The van der Waals surface area contributed by atoms with Crippen molar-refractivity contribution in [2.75, 3.05) is 31.7 Å². The van der Waals surface area contributed by atoms with Crippen molar-refractivity contribution in [1.29, 1.82) is 0 Å². The number of hydrogen-bond donors (Lipinski definition) is 1. The number of benzene rings is 2. The summed E-state index contributed by atoms with van der Waals surface area (Å²) in [6.45, 7) is 11.6. The lowest BCUT2D eigenvalue weighted by Gasteiger charge is -2.33. The normalized spacial score (nSPS) is 17.8. The van der Waals surface area contributed by atoms with Crippen LogP contribution in [0.3, 0.4) is 0 Å². The number of aryl methyl sites for hydroxylation is 2. The zero-order valence-electron chi connectivity index (χ0n) is 23.9. The Bertz CT molecular complexity index is 1310. The third-order valence-corrected chi connectivity index (χ3v) is 8.72. The molecule has 4 rings (SSSR count). The van der Waals surface area contributed by atoms with E-state index in [1.54, 1.807) is 0 Å². The molecule has 0 unspecified atom stereocenters. The van der Waals surface area contributed by atoms with Gasteiger partial charge in [0.25, 0.3) is 0 Å². The Morgan fingerprint density at radius 3 is 2.25 bits per heavy atom. The van der Waals surface area contributed by atoms with E-state index in [0.29, 0.717) is 30.7 Å². The quantitative estimate of drug-likeness (QED) is 0.499. The second-order valence-electron chi connectivity index (χ2n) is 9.96. The van der Waals surface area contributed by atoms with E-state index in [-0.39, 0.29) is 30.0 Å².